The fraction of sp³-hybridized carbons (Fsp3) is 0.467. The number of carbonyl (C=O) groups is 2. The number of hydrogen-bond acceptors (Lipinski definition) is 7. The Hall–Kier alpha value is -3.89. The second kappa shape index (κ2) is 13.0. The predicted molar refractivity (Wildman–Crippen MR) is 151 cm³/mol. The number of piperidine rings is 1. The summed E-state index contributed by atoms with van der Waals surface area (Å²) in [6.07, 6.45) is 2.27. The zero-order valence-corrected chi connectivity index (χ0v) is 24.3. The number of nitrogens with zero attached hydrogens (tertiary/aromatic N) is 3. The maximum atomic E-state index is 13.1. The number of carbonyl (C=O) groups excluding carboxylic acids is 2. The van der Waals surface area contributed by atoms with E-state index in [1.165, 1.54) is 11.0 Å². The van der Waals surface area contributed by atoms with Crippen molar-refractivity contribution in [2.45, 2.75) is 82.4 Å². The van der Waals surface area contributed by atoms with E-state index >= 15 is 0 Å². The van der Waals surface area contributed by atoms with Crippen LogP contribution in [0.3, 0.4) is 0 Å². The van der Waals surface area contributed by atoms with Crippen LogP contribution in [-0.4, -0.2) is 55.3 Å². The van der Waals surface area contributed by atoms with Gasteiger partial charge in [-0.25, -0.2) is 13.2 Å². The van der Waals surface area contributed by atoms with Crippen molar-refractivity contribution in [3.8, 4) is 23.3 Å². The number of amides is 2. The van der Waals surface area contributed by atoms with Crippen molar-refractivity contribution < 1.29 is 22.7 Å². The number of rotatable bonds is 8. The van der Waals surface area contributed by atoms with E-state index in [4.69, 9.17) is 4.74 Å². The summed E-state index contributed by atoms with van der Waals surface area (Å²) in [5, 5.41) is 22.1. The summed E-state index contributed by atoms with van der Waals surface area (Å²) in [5.74, 6) is -0.401. The van der Waals surface area contributed by atoms with Crippen LogP contribution in [0.1, 0.15) is 64.5 Å². The van der Waals surface area contributed by atoms with Gasteiger partial charge in [0, 0.05) is 13.0 Å². The normalized spacial score (nSPS) is 16.4. The number of hydrogen-bond donors (Lipinski definition) is 1. The van der Waals surface area contributed by atoms with Gasteiger partial charge < -0.3 is 10.1 Å². The van der Waals surface area contributed by atoms with Crippen LogP contribution in [0.4, 0.5) is 4.79 Å². The van der Waals surface area contributed by atoms with E-state index in [0.717, 1.165) is 24.0 Å². The van der Waals surface area contributed by atoms with E-state index in [1.54, 1.807) is 39.8 Å². The fourth-order valence-electron chi connectivity index (χ4n) is 4.66. The summed E-state index contributed by atoms with van der Waals surface area (Å²) in [6.45, 7) is 7.52. The lowest BCUT2D eigenvalue weighted by Crippen LogP contribution is -2.54. The van der Waals surface area contributed by atoms with Crippen LogP contribution in [0.5, 0.6) is 0 Å². The largest absolute Gasteiger partial charge is 0.444 e. The Labute approximate surface area is 236 Å². The number of ether oxygens (including phenoxy) is 1. The molecule has 3 rings (SSSR count). The maximum absolute atomic E-state index is 13.1. The molecular formula is C30H36N4O5S. The Morgan fingerprint density at radius 2 is 1.77 bits per heavy atom. The number of benzene rings is 2. The van der Waals surface area contributed by atoms with Gasteiger partial charge in [-0.3, -0.25) is 9.69 Å². The molecule has 2 atom stereocenters. The molecule has 0 aromatic heterocycles. The second-order valence-electron chi connectivity index (χ2n) is 10.9. The third kappa shape index (κ3) is 7.83. The highest BCUT2D eigenvalue weighted by molar-refractivity contribution is 7.91. The molecular weight excluding hydrogens is 528 g/mol. The Morgan fingerprint density at radius 1 is 1.10 bits per heavy atom. The summed E-state index contributed by atoms with van der Waals surface area (Å²) >= 11 is 0. The van der Waals surface area contributed by atoms with Gasteiger partial charge in [-0.1, -0.05) is 37.3 Å². The van der Waals surface area contributed by atoms with E-state index in [0.29, 0.717) is 24.9 Å². The third-order valence-corrected chi connectivity index (χ3v) is 8.51. The molecule has 1 fully saturated rings. The minimum Gasteiger partial charge on any atom is -0.444 e. The maximum Gasteiger partial charge on any atom is 0.410 e. The van der Waals surface area contributed by atoms with E-state index in [1.807, 2.05) is 30.3 Å². The first kappa shape index (κ1) is 30.6. The SMILES string of the molecule is CCCS(=O)(=O)c1ccc(-c2ccc(C[C@@H](C#N)NC(=O)C3CCCCN3C(=O)OC(C)(C)C)cc2)cc1C#N. The lowest BCUT2D eigenvalue weighted by Gasteiger charge is -2.36. The van der Waals surface area contributed by atoms with Gasteiger partial charge in [0.25, 0.3) is 0 Å². The molecule has 0 aliphatic carbocycles. The minimum atomic E-state index is -3.53. The molecule has 0 spiro atoms. The number of nitrogens with one attached hydrogen (secondary N) is 1. The molecule has 2 aromatic carbocycles. The van der Waals surface area contributed by atoms with Crippen molar-refractivity contribution in [1.29, 1.82) is 10.5 Å². The monoisotopic (exact) mass is 564 g/mol. The average molecular weight is 565 g/mol. The van der Waals surface area contributed by atoms with Gasteiger partial charge in [0.15, 0.2) is 9.84 Å². The van der Waals surface area contributed by atoms with E-state index in [9.17, 15) is 28.5 Å². The first-order chi connectivity index (χ1) is 18.9. The van der Waals surface area contributed by atoms with Gasteiger partial charge in [-0.2, -0.15) is 10.5 Å². The standard InChI is InChI=1S/C30H36N4O5S/c1-5-16-40(37,38)27-14-13-23(18-24(27)19-31)22-11-9-21(10-12-22)17-25(20-32)33-28(35)26-8-6-7-15-34(26)29(36)39-30(2,3)4/h9-14,18,25-26H,5-8,15-17H2,1-4H3,(H,33,35)/t25-,26?/m0/s1. The van der Waals surface area contributed by atoms with Crippen molar-refractivity contribution in [1.82, 2.24) is 10.2 Å². The van der Waals surface area contributed by atoms with Gasteiger partial charge in [0.05, 0.1) is 22.3 Å². The van der Waals surface area contributed by atoms with Crippen molar-refractivity contribution in [2.24, 2.45) is 0 Å². The van der Waals surface area contributed by atoms with Crippen LogP contribution in [0.15, 0.2) is 47.4 Å². The van der Waals surface area contributed by atoms with Crippen LogP contribution < -0.4 is 5.32 Å². The zero-order valence-electron chi connectivity index (χ0n) is 23.4. The molecule has 2 aromatic rings. The molecule has 9 nitrogen and oxygen atoms in total. The van der Waals surface area contributed by atoms with Crippen LogP contribution in [-0.2, 0) is 25.8 Å². The molecule has 2 amide bonds. The molecule has 1 heterocycles. The predicted octanol–water partition coefficient (Wildman–Crippen LogP) is 4.75. The molecule has 0 saturated carbocycles. The van der Waals surface area contributed by atoms with Gasteiger partial charge >= 0.3 is 6.09 Å². The van der Waals surface area contributed by atoms with Crippen molar-refractivity contribution in [3.63, 3.8) is 0 Å². The van der Waals surface area contributed by atoms with Gasteiger partial charge in [-0.15, -0.1) is 0 Å². The molecule has 1 aliphatic rings. The third-order valence-electron chi connectivity index (χ3n) is 6.54. The molecule has 1 unspecified atom stereocenters. The molecule has 40 heavy (non-hydrogen) atoms. The first-order valence-electron chi connectivity index (χ1n) is 13.4. The summed E-state index contributed by atoms with van der Waals surface area (Å²) in [4.78, 5) is 27.2. The summed E-state index contributed by atoms with van der Waals surface area (Å²) in [6, 6.07) is 14.7. The summed E-state index contributed by atoms with van der Waals surface area (Å²) in [7, 11) is -3.53. The van der Waals surface area contributed by atoms with Gasteiger partial charge in [-0.05, 0) is 75.3 Å². The smallest absolute Gasteiger partial charge is 0.410 e. The zero-order chi connectivity index (χ0) is 29.5. The lowest BCUT2D eigenvalue weighted by molar-refractivity contribution is -0.128. The fourth-order valence-corrected chi connectivity index (χ4v) is 6.13. The van der Waals surface area contributed by atoms with Crippen molar-refractivity contribution >= 4 is 21.8 Å². The Bertz CT molecular complexity index is 1420. The van der Waals surface area contributed by atoms with Crippen LogP contribution in [0.25, 0.3) is 11.1 Å². The molecule has 0 radical (unpaired) electrons. The second-order valence-corrected chi connectivity index (χ2v) is 13.0. The topological polar surface area (TPSA) is 140 Å². The molecule has 1 saturated heterocycles. The van der Waals surface area contributed by atoms with E-state index < -0.39 is 33.6 Å². The van der Waals surface area contributed by atoms with Gasteiger partial charge in [0.2, 0.25) is 5.91 Å². The molecule has 212 valence electrons. The highest BCUT2D eigenvalue weighted by Crippen LogP contribution is 2.26. The Kier molecular flexibility index (Phi) is 9.94. The average Bonchev–Trinajstić information content (AvgIpc) is 2.91. The van der Waals surface area contributed by atoms with Crippen LogP contribution in [0.2, 0.25) is 0 Å². The quantitative estimate of drug-likeness (QED) is 0.488. The highest BCUT2D eigenvalue weighted by atomic mass is 32.2. The van der Waals surface area contributed by atoms with E-state index in [2.05, 4.69) is 11.4 Å². The van der Waals surface area contributed by atoms with Crippen molar-refractivity contribution in [3.05, 3.63) is 53.6 Å². The highest BCUT2D eigenvalue weighted by Gasteiger charge is 2.35. The van der Waals surface area contributed by atoms with Crippen LogP contribution >= 0.6 is 0 Å². The number of nitriles is 2. The van der Waals surface area contributed by atoms with E-state index in [-0.39, 0.29) is 28.5 Å². The molecule has 10 heteroatoms. The molecule has 0 bridgehead atoms. The minimum absolute atomic E-state index is 0.0217. The van der Waals surface area contributed by atoms with Crippen molar-refractivity contribution in [2.75, 3.05) is 12.3 Å². The van der Waals surface area contributed by atoms with Gasteiger partial charge in [0.1, 0.15) is 23.8 Å². The molecule has 1 N–H and O–H groups in total. The summed E-state index contributed by atoms with van der Waals surface area (Å²) < 4.78 is 30.4. The Morgan fingerprint density at radius 3 is 2.38 bits per heavy atom. The van der Waals surface area contributed by atoms with Crippen LogP contribution in [0, 0.1) is 22.7 Å². The number of likely N-dealkylation sites (tertiary alicyclic amines) is 1. The molecule has 1 aliphatic heterocycles. The first-order valence-corrected chi connectivity index (χ1v) is 15.1. The summed E-state index contributed by atoms with van der Waals surface area (Å²) in [5.41, 5.74) is 1.72. The number of sulfone groups is 1. The Balaban J connectivity index is 1.70. The lowest BCUT2D eigenvalue weighted by atomic mass is 9.99.